The van der Waals surface area contributed by atoms with Crippen molar-refractivity contribution in [1.82, 2.24) is 19.9 Å². The van der Waals surface area contributed by atoms with Crippen LogP contribution in [0, 0.1) is 13.8 Å². The molecule has 0 aliphatic carbocycles. The predicted octanol–water partition coefficient (Wildman–Crippen LogP) is 3.09. The molecular formula is C16H17N5OS. The number of benzene rings is 1. The molecular weight excluding hydrogens is 310 g/mol. The minimum Gasteiger partial charge on any atom is -0.341 e. The smallest absolute Gasteiger partial charge is 0.237 e. The molecule has 0 aliphatic heterocycles. The molecule has 1 amide bonds. The fourth-order valence-electron chi connectivity index (χ4n) is 2.17. The van der Waals surface area contributed by atoms with Crippen LogP contribution in [-0.2, 0) is 4.79 Å². The van der Waals surface area contributed by atoms with Gasteiger partial charge in [-0.25, -0.2) is 15.0 Å². The van der Waals surface area contributed by atoms with Crippen molar-refractivity contribution in [3.8, 4) is 0 Å². The highest BCUT2D eigenvalue weighted by Gasteiger charge is 2.18. The minimum atomic E-state index is -0.295. The highest BCUT2D eigenvalue weighted by molar-refractivity contribution is 8.00. The van der Waals surface area contributed by atoms with Crippen molar-refractivity contribution >= 4 is 34.5 Å². The molecule has 2 aromatic heterocycles. The lowest BCUT2D eigenvalue weighted by Crippen LogP contribution is -2.23. The molecule has 0 radical (unpaired) electrons. The fraction of sp³-hybridized carbons (Fsp3) is 0.250. The number of thioether (sulfide) groups is 1. The Morgan fingerprint density at radius 3 is 2.91 bits per heavy atom. The molecule has 2 heterocycles. The number of aromatic nitrogens is 4. The maximum atomic E-state index is 12.5. The summed E-state index contributed by atoms with van der Waals surface area (Å²) in [6.07, 6.45) is 3.03. The van der Waals surface area contributed by atoms with Gasteiger partial charge in [-0.05, 0) is 38.0 Å². The van der Waals surface area contributed by atoms with E-state index < -0.39 is 0 Å². The van der Waals surface area contributed by atoms with E-state index in [2.05, 4.69) is 25.3 Å². The Labute approximate surface area is 138 Å². The number of imidazole rings is 1. The Hall–Kier alpha value is -2.41. The van der Waals surface area contributed by atoms with E-state index in [1.54, 1.807) is 6.33 Å². The highest BCUT2D eigenvalue weighted by atomic mass is 32.2. The lowest BCUT2D eigenvalue weighted by Gasteiger charge is -2.14. The first-order valence-corrected chi connectivity index (χ1v) is 8.12. The highest BCUT2D eigenvalue weighted by Crippen LogP contribution is 2.27. The van der Waals surface area contributed by atoms with E-state index in [-0.39, 0.29) is 11.2 Å². The van der Waals surface area contributed by atoms with E-state index in [1.165, 1.54) is 18.1 Å². The number of fused-ring (bicyclic) bond motifs is 1. The van der Waals surface area contributed by atoms with Crippen LogP contribution in [0.3, 0.4) is 0 Å². The van der Waals surface area contributed by atoms with Crippen LogP contribution in [0.1, 0.15) is 18.1 Å². The van der Waals surface area contributed by atoms with Gasteiger partial charge in [-0.3, -0.25) is 4.79 Å². The van der Waals surface area contributed by atoms with E-state index in [9.17, 15) is 4.79 Å². The molecule has 0 aliphatic rings. The summed E-state index contributed by atoms with van der Waals surface area (Å²) in [6, 6.07) is 5.88. The maximum Gasteiger partial charge on any atom is 0.237 e. The molecule has 6 nitrogen and oxygen atoms in total. The molecule has 0 bridgehead atoms. The van der Waals surface area contributed by atoms with Gasteiger partial charge in [0.1, 0.15) is 16.9 Å². The number of hydrogen-bond donors (Lipinski definition) is 2. The average Bonchev–Trinajstić information content (AvgIpc) is 3.01. The van der Waals surface area contributed by atoms with Gasteiger partial charge in [-0.1, -0.05) is 23.9 Å². The monoisotopic (exact) mass is 327 g/mol. The van der Waals surface area contributed by atoms with E-state index in [4.69, 9.17) is 0 Å². The molecule has 23 heavy (non-hydrogen) atoms. The van der Waals surface area contributed by atoms with Crippen molar-refractivity contribution in [3.05, 3.63) is 42.0 Å². The van der Waals surface area contributed by atoms with Crippen LogP contribution in [0.25, 0.3) is 11.2 Å². The first-order chi connectivity index (χ1) is 11.1. The second-order valence-electron chi connectivity index (χ2n) is 5.28. The Kier molecular flexibility index (Phi) is 4.29. The van der Waals surface area contributed by atoms with Crippen LogP contribution in [0.5, 0.6) is 0 Å². The molecule has 1 aromatic carbocycles. The maximum absolute atomic E-state index is 12.5. The summed E-state index contributed by atoms with van der Waals surface area (Å²) in [5.41, 5.74) is 4.43. The predicted molar refractivity (Wildman–Crippen MR) is 91.5 cm³/mol. The van der Waals surface area contributed by atoms with Gasteiger partial charge in [0, 0.05) is 5.69 Å². The zero-order chi connectivity index (χ0) is 16.4. The summed E-state index contributed by atoms with van der Waals surface area (Å²) in [5, 5.41) is 3.41. The number of hydrogen-bond acceptors (Lipinski definition) is 5. The second kappa shape index (κ2) is 6.37. The summed E-state index contributed by atoms with van der Waals surface area (Å²) in [5.74, 6) is -0.0602. The van der Waals surface area contributed by atoms with Gasteiger partial charge in [-0.2, -0.15) is 0 Å². The number of nitrogens with zero attached hydrogens (tertiary/aromatic N) is 3. The van der Waals surface area contributed by atoms with Gasteiger partial charge >= 0.3 is 0 Å². The lowest BCUT2D eigenvalue weighted by atomic mass is 10.1. The van der Waals surface area contributed by atoms with E-state index in [0.717, 1.165) is 27.4 Å². The fourth-order valence-corrected chi connectivity index (χ4v) is 3.05. The number of aryl methyl sites for hydroxylation is 1. The van der Waals surface area contributed by atoms with Crippen LogP contribution in [0.15, 0.2) is 35.9 Å². The molecule has 0 unspecified atom stereocenters. The number of carbonyl (C=O) groups excluding carboxylic acids is 1. The average molecular weight is 327 g/mol. The molecule has 3 aromatic rings. The normalized spacial score (nSPS) is 12.3. The van der Waals surface area contributed by atoms with Gasteiger partial charge in [0.05, 0.1) is 11.6 Å². The standard InChI is InChI=1S/C16H17N5OS/c1-9-5-4-6-12(10(9)2)21-15(22)11(3)23-16-13-14(18-7-17-13)19-8-20-16/h4-8,11H,1-3H3,(H,21,22)(H,17,18,19,20)/t11-/m0/s1. The molecule has 0 fully saturated rings. The van der Waals surface area contributed by atoms with Crippen molar-refractivity contribution in [2.45, 2.75) is 31.0 Å². The quantitative estimate of drug-likeness (QED) is 0.568. The Bertz CT molecular complexity index is 861. The number of nitrogens with one attached hydrogen (secondary N) is 2. The molecule has 7 heteroatoms. The Morgan fingerprint density at radius 2 is 2.09 bits per heavy atom. The molecule has 0 spiro atoms. The van der Waals surface area contributed by atoms with Gasteiger partial charge in [-0.15, -0.1) is 0 Å². The van der Waals surface area contributed by atoms with E-state index in [0.29, 0.717) is 5.65 Å². The Morgan fingerprint density at radius 1 is 1.26 bits per heavy atom. The van der Waals surface area contributed by atoms with Crippen LogP contribution in [0.2, 0.25) is 0 Å². The molecule has 118 valence electrons. The third kappa shape index (κ3) is 3.19. The SMILES string of the molecule is Cc1cccc(NC(=O)[C@H](C)Sc2ncnc3nc[nH]c23)c1C. The second-order valence-corrected chi connectivity index (χ2v) is 6.61. The molecule has 2 N–H and O–H groups in total. The first-order valence-electron chi connectivity index (χ1n) is 7.24. The summed E-state index contributed by atoms with van der Waals surface area (Å²) in [6.45, 7) is 5.88. The van der Waals surface area contributed by atoms with Gasteiger partial charge in [0.15, 0.2) is 5.65 Å². The van der Waals surface area contributed by atoms with Crippen LogP contribution in [-0.4, -0.2) is 31.1 Å². The first kappa shape index (κ1) is 15.5. The van der Waals surface area contributed by atoms with E-state index >= 15 is 0 Å². The van der Waals surface area contributed by atoms with Gasteiger partial charge in [0.25, 0.3) is 0 Å². The molecule has 1 atom stereocenters. The number of carbonyl (C=O) groups is 1. The van der Waals surface area contributed by atoms with Gasteiger partial charge in [0.2, 0.25) is 5.91 Å². The van der Waals surface area contributed by atoms with Gasteiger partial charge < -0.3 is 10.3 Å². The lowest BCUT2D eigenvalue weighted by molar-refractivity contribution is -0.115. The summed E-state index contributed by atoms with van der Waals surface area (Å²) in [4.78, 5) is 27.9. The summed E-state index contributed by atoms with van der Waals surface area (Å²) < 4.78 is 0. The molecule has 0 saturated heterocycles. The van der Waals surface area contributed by atoms with Crippen molar-refractivity contribution in [1.29, 1.82) is 0 Å². The molecule has 3 rings (SSSR count). The number of aromatic amines is 1. The van der Waals surface area contributed by atoms with E-state index in [1.807, 2.05) is 39.0 Å². The number of rotatable bonds is 4. The van der Waals surface area contributed by atoms with Crippen LogP contribution >= 0.6 is 11.8 Å². The molecule has 0 saturated carbocycles. The summed E-state index contributed by atoms with van der Waals surface area (Å²) in [7, 11) is 0. The third-order valence-corrected chi connectivity index (χ3v) is 4.81. The minimum absolute atomic E-state index is 0.0602. The van der Waals surface area contributed by atoms with Crippen molar-refractivity contribution in [2.75, 3.05) is 5.32 Å². The topological polar surface area (TPSA) is 83.6 Å². The van der Waals surface area contributed by atoms with Crippen LogP contribution in [0.4, 0.5) is 5.69 Å². The Balaban J connectivity index is 1.75. The van der Waals surface area contributed by atoms with Crippen LogP contribution < -0.4 is 5.32 Å². The van der Waals surface area contributed by atoms with Crippen molar-refractivity contribution in [3.63, 3.8) is 0 Å². The zero-order valence-corrected chi connectivity index (χ0v) is 13.9. The van der Waals surface area contributed by atoms with Crippen molar-refractivity contribution in [2.24, 2.45) is 0 Å². The zero-order valence-electron chi connectivity index (χ0n) is 13.1. The third-order valence-electron chi connectivity index (χ3n) is 3.71. The number of anilines is 1. The largest absolute Gasteiger partial charge is 0.341 e. The number of amides is 1. The van der Waals surface area contributed by atoms with Crippen molar-refractivity contribution < 1.29 is 4.79 Å². The summed E-state index contributed by atoms with van der Waals surface area (Å²) >= 11 is 1.38. The number of H-pyrrole nitrogens is 1.